The number of ketones is 1. The summed E-state index contributed by atoms with van der Waals surface area (Å²) in [5.41, 5.74) is 6.33. The third kappa shape index (κ3) is 4.47. The number of para-hydroxylation sites is 1. The second-order valence-electron chi connectivity index (χ2n) is 5.09. The highest BCUT2D eigenvalue weighted by Crippen LogP contribution is 2.19. The number of carbonyl (C=O) groups excluding carboxylic acids is 1. The number of ether oxygens (including phenoxy) is 1. The molecule has 112 valence electrons. The van der Waals surface area contributed by atoms with Crippen molar-refractivity contribution in [3.63, 3.8) is 0 Å². The lowest BCUT2D eigenvalue weighted by atomic mass is 10.1. The van der Waals surface area contributed by atoms with E-state index in [1.165, 1.54) is 6.42 Å². The van der Waals surface area contributed by atoms with Crippen LogP contribution in [-0.2, 0) is 0 Å². The lowest BCUT2D eigenvalue weighted by Crippen LogP contribution is -2.27. The summed E-state index contributed by atoms with van der Waals surface area (Å²) in [6.07, 6.45) is 1.18. The number of likely N-dealkylation sites (tertiary alicyclic amines) is 1. The Kier molecular flexibility index (Phi) is 6.99. The number of rotatable bonds is 6. The summed E-state index contributed by atoms with van der Waals surface area (Å²) >= 11 is 0. The molecule has 2 N–H and O–H groups in total. The van der Waals surface area contributed by atoms with Gasteiger partial charge in [-0.1, -0.05) is 12.1 Å². The number of halogens is 1. The summed E-state index contributed by atoms with van der Waals surface area (Å²) in [6, 6.07) is 7.40. The van der Waals surface area contributed by atoms with Crippen molar-refractivity contribution in [3.05, 3.63) is 29.8 Å². The molecule has 5 heteroatoms. The fourth-order valence-electron chi connectivity index (χ4n) is 2.48. The van der Waals surface area contributed by atoms with Gasteiger partial charge in [-0.05, 0) is 44.5 Å². The molecule has 1 unspecified atom stereocenters. The van der Waals surface area contributed by atoms with Gasteiger partial charge in [0.05, 0.1) is 5.56 Å². The molecule has 1 aromatic carbocycles. The number of carbonyl (C=O) groups is 1. The molecule has 20 heavy (non-hydrogen) atoms. The molecular weight excluding hydrogens is 276 g/mol. The van der Waals surface area contributed by atoms with E-state index in [2.05, 4.69) is 4.90 Å². The van der Waals surface area contributed by atoms with Crippen molar-refractivity contribution < 1.29 is 9.53 Å². The van der Waals surface area contributed by atoms with Gasteiger partial charge in [0.25, 0.3) is 0 Å². The van der Waals surface area contributed by atoms with E-state index in [1.54, 1.807) is 13.0 Å². The van der Waals surface area contributed by atoms with Gasteiger partial charge in [-0.3, -0.25) is 9.69 Å². The Morgan fingerprint density at radius 2 is 2.20 bits per heavy atom. The van der Waals surface area contributed by atoms with Crippen LogP contribution >= 0.6 is 12.4 Å². The number of hydrogen-bond acceptors (Lipinski definition) is 4. The minimum atomic E-state index is 0. The molecule has 0 aromatic heterocycles. The minimum Gasteiger partial charge on any atom is -0.491 e. The third-order valence-electron chi connectivity index (χ3n) is 3.63. The SMILES string of the molecule is CC(=O)c1ccccc1OCCN1CCC(CN)C1.Cl. The van der Waals surface area contributed by atoms with Gasteiger partial charge in [-0.15, -0.1) is 12.4 Å². The monoisotopic (exact) mass is 298 g/mol. The van der Waals surface area contributed by atoms with Crippen LogP contribution in [0.1, 0.15) is 23.7 Å². The highest BCUT2D eigenvalue weighted by molar-refractivity contribution is 5.96. The molecule has 1 atom stereocenters. The minimum absolute atomic E-state index is 0. The average molecular weight is 299 g/mol. The third-order valence-corrected chi connectivity index (χ3v) is 3.63. The second kappa shape index (κ2) is 8.25. The maximum absolute atomic E-state index is 11.5. The van der Waals surface area contributed by atoms with E-state index in [-0.39, 0.29) is 18.2 Å². The van der Waals surface area contributed by atoms with E-state index in [0.29, 0.717) is 23.8 Å². The first-order valence-electron chi connectivity index (χ1n) is 6.86. The molecule has 4 nitrogen and oxygen atoms in total. The van der Waals surface area contributed by atoms with Crippen LogP contribution in [0.3, 0.4) is 0 Å². The Bertz CT molecular complexity index is 440. The number of Topliss-reactive ketones (excluding diaryl/α,β-unsaturated/α-hetero) is 1. The zero-order valence-electron chi connectivity index (χ0n) is 11.9. The highest BCUT2D eigenvalue weighted by atomic mass is 35.5. The molecule has 0 amide bonds. The van der Waals surface area contributed by atoms with E-state index >= 15 is 0 Å². The van der Waals surface area contributed by atoms with Gasteiger partial charge in [0.1, 0.15) is 12.4 Å². The fourth-order valence-corrected chi connectivity index (χ4v) is 2.48. The molecule has 0 saturated carbocycles. The number of benzene rings is 1. The molecule has 1 aromatic rings. The molecular formula is C15H23ClN2O2. The summed E-state index contributed by atoms with van der Waals surface area (Å²) in [7, 11) is 0. The van der Waals surface area contributed by atoms with Crippen LogP contribution in [0, 0.1) is 5.92 Å². The Morgan fingerprint density at radius 1 is 1.45 bits per heavy atom. The van der Waals surface area contributed by atoms with Crippen LogP contribution in [-0.4, -0.2) is 43.5 Å². The van der Waals surface area contributed by atoms with Gasteiger partial charge in [0.15, 0.2) is 5.78 Å². The molecule has 1 aliphatic rings. The molecule has 1 saturated heterocycles. The van der Waals surface area contributed by atoms with Crippen molar-refractivity contribution in [3.8, 4) is 5.75 Å². The molecule has 1 aliphatic heterocycles. The van der Waals surface area contributed by atoms with E-state index in [9.17, 15) is 4.79 Å². The van der Waals surface area contributed by atoms with E-state index in [0.717, 1.165) is 26.2 Å². The summed E-state index contributed by atoms with van der Waals surface area (Å²) in [5, 5.41) is 0. The highest BCUT2D eigenvalue weighted by Gasteiger charge is 2.20. The summed E-state index contributed by atoms with van der Waals surface area (Å²) in [4.78, 5) is 13.8. The van der Waals surface area contributed by atoms with Crippen molar-refractivity contribution in [2.45, 2.75) is 13.3 Å². The molecule has 0 aliphatic carbocycles. The Balaban J connectivity index is 0.00000200. The first kappa shape index (κ1) is 17.0. The molecule has 1 heterocycles. The van der Waals surface area contributed by atoms with Gasteiger partial charge >= 0.3 is 0 Å². The topological polar surface area (TPSA) is 55.6 Å². The maximum Gasteiger partial charge on any atom is 0.163 e. The largest absolute Gasteiger partial charge is 0.491 e. The van der Waals surface area contributed by atoms with Gasteiger partial charge in [-0.25, -0.2) is 0 Å². The Hall–Kier alpha value is -1.10. The van der Waals surface area contributed by atoms with Crippen molar-refractivity contribution in [2.24, 2.45) is 11.7 Å². The van der Waals surface area contributed by atoms with E-state index in [4.69, 9.17) is 10.5 Å². The maximum atomic E-state index is 11.5. The molecule has 1 fully saturated rings. The van der Waals surface area contributed by atoms with Crippen molar-refractivity contribution in [1.29, 1.82) is 0 Å². The first-order chi connectivity index (χ1) is 9.20. The van der Waals surface area contributed by atoms with Gasteiger partial charge < -0.3 is 10.5 Å². The van der Waals surface area contributed by atoms with Gasteiger partial charge in [0, 0.05) is 13.1 Å². The number of nitrogens with two attached hydrogens (primary N) is 1. The van der Waals surface area contributed by atoms with Gasteiger partial charge in [0.2, 0.25) is 0 Å². The summed E-state index contributed by atoms with van der Waals surface area (Å²) < 4.78 is 5.74. The fraction of sp³-hybridized carbons (Fsp3) is 0.533. The Morgan fingerprint density at radius 3 is 2.85 bits per heavy atom. The average Bonchev–Trinajstić information content (AvgIpc) is 2.87. The van der Waals surface area contributed by atoms with Crippen LogP contribution in [0.4, 0.5) is 0 Å². The van der Waals surface area contributed by atoms with E-state index < -0.39 is 0 Å². The number of hydrogen-bond donors (Lipinski definition) is 1. The zero-order chi connectivity index (χ0) is 13.7. The number of nitrogens with zero attached hydrogens (tertiary/aromatic N) is 1. The second-order valence-corrected chi connectivity index (χ2v) is 5.09. The molecule has 2 rings (SSSR count). The van der Waals surface area contributed by atoms with Crippen molar-refractivity contribution in [2.75, 3.05) is 32.8 Å². The predicted octanol–water partition coefficient (Wildman–Crippen LogP) is 1.97. The van der Waals surface area contributed by atoms with Crippen molar-refractivity contribution >= 4 is 18.2 Å². The summed E-state index contributed by atoms with van der Waals surface area (Å²) in [5.74, 6) is 1.36. The first-order valence-corrected chi connectivity index (χ1v) is 6.86. The predicted molar refractivity (Wildman–Crippen MR) is 82.8 cm³/mol. The molecule has 0 radical (unpaired) electrons. The van der Waals surface area contributed by atoms with Crippen molar-refractivity contribution in [1.82, 2.24) is 4.90 Å². The van der Waals surface area contributed by atoms with Crippen LogP contribution < -0.4 is 10.5 Å². The van der Waals surface area contributed by atoms with Crippen LogP contribution in [0.5, 0.6) is 5.75 Å². The quantitative estimate of drug-likeness (QED) is 0.816. The van der Waals surface area contributed by atoms with Crippen LogP contribution in [0.2, 0.25) is 0 Å². The lowest BCUT2D eigenvalue weighted by Gasteiger charge is -2.16. The molecule has 0 bridgehead atoms. The van der Waals surface area contributed by atoms with E-state index in [1.807, 2.05) is 18.2 Å². The Labute approximate surface area is 126 Å². The normalized spacial score (nSPS) is 18.6. The van der Waals surface area contributed by atoms with Crippen LogP contribution in [0.25, 0.3) is 0 Å². The molecule has 0 spiro atoms. The lowest BCUT2D eigenvalue weighted by molar-refractivity contribution is 0.101. The summed E-state index contributed by atoms with van der Waals surface area (Å²) in [6.45, 7) is 6.00. The smallest absolute Gasteiger partial charge is 0.163 e. The zero-order valence-corrected chi connectivity index (χ0v) is 12.7. The van der Waals surface area contributed by atoms with Crippen LogP contribution in [0.15, 0.2) is 24.3 Å². The van der Waals surface area contributed by atoms with Gasteiger partial charge in [-0.2, -0.15) is 0 Å². The standard InChI is InChI=1S/C15H22N2O2.ClH/c1-12(18)14-4-2-3-5-15(14)19-9-8-17-7-6-13(10-16)11-17;/h2-5,13H,6-11,16H2,1H3;1H.